The second-order valence-electron chi connectivity index (χ2n) is 3.11. The first kappa shape index (κ1) is 8.38. The number of aromatic nitrogens is 1. The van der Waals surface area contributed by atoms with Crippen LogP contribution in [0.4, 0.5) is 0 Å². The summed E-state index contributed by atoms with van der Waals surface area (Å²) in [7, 11) is 0. The fraction of sp³-hybridized carbons (Fsp3) is 0.200. The lowest BCUT2D eigenvalue weighted by molar-refractivity contribution is 1.34. The fourth-order valence-electron chi connectivity index (χ4n) is 1.22. The molecular formula is C10H9NOS. The summed E-state index contributed by atoms with van der Waals surface area (Å²) < 4.78 is 0. The van der Waals surface area contributed by atoms with E-state index in [1.807, 2.05) is 25.3 Å². The minimum absolute atomic E-state index is 0.102. The van der Waals surface area contributed by atoms with Gasteiger partial charge in [-0.25, -0.2) is 4.98 Å². The predicted octanol–water partition coefficient (Wildman–Crippen LogP) is 2.27. The van der Waals surface area contributed by atoms with E-state index in [0.29, 0.717) is 0 Å². The summed E-state index contributed by atoms with van der Waals surface area (Å²) in [4.78, 5) is 16.7. The van der Waals surface area contributed by atoms with Crippen LogP contribution >= 0.6 is 11.3 Å². The van der Waals surface area contributed by atoms with Gasteiger partial charge in [-0.3, -0.25) is 4.79 Å². The lowest BCUT2D eigenvalue weighted by Crippen LogP contribution is -2.04. The van der Waals surface area contributed by atoms with E-state index in [-0.39, 0.29) is 5.43 Å². The van der Waals surface area contributed by atoms with Gasteiger partial charge in [-0.05, 0) is 30.9 Å². The number of rotatable bonds is 0. The Kier molecular flexibility index (Phi) is 1.88. The molecule has 2 aromatic rings. The van der Waals surface area contributed by atoms with Crippen LogP contribution in [0.15, 0.2) is 22.4 Å². The fourth-order valence-corrected chi connectivity index (χ4v) is 2.01. The van der Waals surface area contributed by atoms with Gasteiger partial charge in [0.2, 0.25) is 0 Å². The molecule has 2 aromatic heterocycles. The first-order valence-electron chi connectivity index (χ1n) is 4.03. The summed E-state index contributed by atoms with van der Waals surface area (Å²) in [6.07, 6.45) is 1.79. The van der Waals surface area contributed by atoms with Crippen LogP contribution in [0, 0.1) is 13.8 Å². The molecule has 0 N–H and O–H groups in total. The monoisotopic (exact) mass is 191 g/mol. The van der Waals surface area contributed by atoms with Crippen molar-refractivity contribution in [2.75, 3.05) is 0 Å². The van der Waals surface area contributed by atoms with Crippen LogP contribution in [-0.2, 0) is 0 Å². The van der Waals surface area contributed by atoms with Crippen molar-refractivity contribution in [3.05, 3.63) is 39.0 Å². The van der Waals surface area contributed by atoms with Crippen LogP contribution in [0.3, 0.4) is 0 Å². The van der Waals surface area contributed by atoms with Crippen LogP contribution in [0.2, 0.25) is 0 Å². The van der Waals surface area contributed by atoms with Crippen molar-refractivity contribution in [3.8, 4) is 0 Å². The second-order valence-corrected chi connectivity index (χ2v) is 3.97. The van der Waals surface area contributed by atoms with Gasteiger partial charge in [0.05, 0.1) is 5.39 Å². The molecule has 0 saturated heterocycles. The van der Waals surface area contributed by atoms with Crippen LogP contribution in [0.25, 0.3) is 10.2 Å². The molecule has 2 heterocycles. The highest BCUT2D eigenvalue weighted by Crippen LogP contribution is 2.14. The summed E-state index contributed by atoms with van der Waals surface area (Å²) in [6.45, 7) is 3.78. The standard InChI is InChI=1S/C10H9NOS/c1-6-3-8-9(12)7(2)5-13-10(8)11-4-6/h3-5H,1-2H3. The molecule has 0 aliphatic rings. The molecule has 66 valence electrons. The second kappa shape index (κ2) is 2.92. The first-order valence-corrected chi connectivity index (χ1v) is 4.91. The summed E-state index contributed by atoms with van der Waals surface area (Å²) in [5, 5.41) is 2.59. The van der Waals surface area contributed by atoms with Gasteiger partial charge in [-0.15, -0.1) is 11.3 Å². The van der Waals surface area contributed by atoms with Crippen molar-refractivity contribution >= 4 is 21.6 Å². The van der Waals surface area contributed by atoms with Gasteiger partial charge < -0.3 is 0 Å². The minimum atomic E-state index is 0.102. The zero-order valence-corrected chi connectivity index (χ0v) is 8.31. The number of fused-ring (bicyclic) bond motifs is 1. The molecule has 0 unspecified atom stereocenters. The smallest absolute Gasteiger partial charge is 0.192 e. The highest BCUT2D eigenvalue weighted by molar-refractivity contribution is 7.16. The van der Waals surface area contributed by atoms with Gasteiger partial charge >= 0.3 is 0 Å². The van der Waals surface area contributed by atoms with E-state index in [2.05, 4.69) is 4.98 Å². The summed E-state index contributed by atoms with van der Waals surface area (Å²) in [6, 6.07) is 1.90. The SMILES string of the molecule is Cc1cnc2scc(C)c(=O)c2c1. The zero-order chi connectivity index (χ0) is 9.42. The number of hydrogen-bond acceptors (Lipinski definition) is 3. The van der Waals surface area contributed by atoms with E-state index in [1.165, 1.54) is 11.3 Å². The summed E-state index contributed by atoms with van der Waals surface area (Å²) in [5.74, 6) is 0. The van der Waals surface area contributed by atoms with Gasteiger partial charge in [0.25, 0.3) is 0 Å². The number of aryl methyl sites for hydroxylation is 2. The largest absolute Gasteiger partial charge is 0.289 e. The molecule has 2 nitrogen and oxygen atoms in total. The van der Waals surface area contributed by atoms with E-state index in [4.69, 9.17) is 0 Å². The molecule has 0 saturated carbocycles. The quantitative estimate of drug-likeness (QED) is 0.639. The Hall–Kier alpha value is -1.22. The molecule has 0 amide bonds. The van der Waals surface area contributed by atoms with Crippen LogP contribution in [-0.4, -0.2) is 4.98 Å². The minimum Gasteiger partial charge on any atom is -0.289 e. The number of pyridine rings is 1. The molecule has 3 heteroatoms. The summed E-state index contributed by atoms with van der Waals surface area (Å²) >= 11 is 1.52. The van der Waals surface area contributed by atoms with E-state index in [1.54, 1.807) is 6.20 Å². The normalized spacial score (nSPS) is 10.6. The maximum atomic E-state index is 11.6. The predicted molar refractivity (Wildman–Crippen MR) is 55.4 cm³/mol. The number of hydrogen-bond donors (Lipinski definition) is 0. The molecule has 0 fully saturated rings. The highest BCUT2D eigenvalue weighted by atomic mass is 32.1. The molecule has 13 heavy (non-hydrogen) atoms. The van der Waals surface area contributed by atoms with Crippen molar-refractivity contribution in [1.82, 2.24) is 4.98 Å². The molecule has 0 aliphatic carbocycles. The molecule has 0 atom stereocenters. The molecule has 0 spiro atoms. The zero-order valence-electron chi connectivity index (χ0n) is 7.50. The number of nitrogens with zero attached hydrogens (tertiary/aromatic N) is 1. The molecule has 0 radical (unpaired) electrons. The average Bonchev–Trinajstić information content (AvgIpc) is 2.12. The van der Waals surface area contributed by atoms with Crippen molar-refractivity contribution in [2.45, 2.75) is 13.8 Å². The van der Waals surface area contributed by atoms with Crippen molar-refractivity contribution < 1.29 is 0 Å². The Balaban J connectivity index is 2.97. The first-order chi connectivity index (χ1) is 6.18. The van der Waals surface area contributed by atoms with E-state index < -0.39 is 0 Å². The Morgan fingerprint density at radius 1 is 1.38 bits per heavy atom. The molecule has 2 rings (SSSR count). The Labute approximate surface area is 79.9 Å². The third kappa shape index (κ3) is 1.35. The lowest BCUT2D eigenvalue weighted by atomic mass is 10.2. The van der Waals surface area contributed by atoms with Crippen molar-refractivity contribution in [2.24, 2.45) is 0 Å². The van der Waals surface area contributed by atoms with Crippen molar-refractivity contribution in [1.29, 1.82) is 0 Å². The van der Waals surface area contributed by atoms with Crippen LogP contribution in [0.5, 0.6) is 0 Å². The molecule has 0 bridgehead atoms. The maximum absolute atomic E-state index is 11.6. The Bertz CT molecular complexity index is 511. The van der Waals surface area contributed by atoms with Gasteiger partial charge in [-0.1, -0.05) is 0 Å². The average molecular weight is 191 g/mol. The van der Waals surface area contributed by atoms with Gasteiger partial charge in [0.15, 0.2) is 5.43 Å². The van der Waals surface area contributed by atoms with E-state index >= 15 is 0 Å². The van der Waals surface area contributed by atoms with Gasteiger partial charge in [-0.2, -0.15) is 0 Å². The van der Waals surface area contributed by atoms with Crippen molar-refractivity contribution in [3.63, 3.8) is 0 Å². The maximum Gasteiger partial charge on any atom is 0.192 e. The van der Waals surface area contributed by atoms with E-state index in [0.717, 1.165) is 21.3 Å². The third-order valence-electron chi connectivity index (χ3n) is 1.94. The third-order valence-corrected chi connectivity index (χ3v) is 2.96. The van der Waals surface area contributed by atoms with E-state index in [9.17, 15) is 4.79 Å². The molecular weight excluding hydrogens is 182 g/mol. The Morgan fingerprint density at radius 3 is 2.92 bits per heavy atom. The Morgan fingerprint density at radius 2 is 2.15 bits per heavy atom. The highest BCUT2D eigenvalue weighted by Gasteiger charge is 2.02. The summed E-state index contributed by atoms with van der Waals surface area (Å²) in [5.41, 5.74) is 1.93. The van der Waals surface area contributed by atoms with Gasteiger partial charge in [0.1, 0.15) is 4.83 Å². The van der Waals surface area contributed by atoms with Gasteiger partial charge in [0, 0.05) is 11.8 Å². The lowest BCUT2D eigenvalue weighted by Gasteiger charge is -1.97. The van der Waals surface area contributed by atoms with Crippen LogP contribution < -0.4 is 5.43 Å². The molecule has 0 aliphatic heterocycles. The molecule has 0 aromatic carbocycles. The topological polar surface area (TPSA) is 30.0 Å². The van der Waals surface area contributed by atoms with Crippen LogP contribution in [0.1, 0.15) is 11.1 Å².